The molecule has 0 aliphatic carbocycles. The Morgan fingerprint density at radius 1 is 1.30 bits per heavy atom. The van der Waals surface area contributed by atoms with Gasteiger partial charge in [-0.15, -0.1) is 0 Å². The fourth-order valence-electron chi connectivity index (χ4n) is 2.73. The zero-order valence-electron chi connectivity index (χ0n) is 13.1. The lowest BCUT2D eigenvalue weighted by atomic mass is 10.1. The van der Waals surface area contributed by atoms with Gasteiger partial charge in [0.05, 0.1) is 13.7 Å². The number of nitrogens with one attached hydrogen (secondary N) is 1. The van der Waals surface area contributed by atoms with Gasteiger partial charge in [-0.3, -0.25) is 4.79 Å². The molecule has 3 rings (SSSR count). The maximum absolute atomic E-state index is 11.3. The Morgan fingerprint density at radius 3 is 3.00 bits per heavy atom. The molecule has 0 fully saturated rings. The summed E-state index contributed by atoms with van der Waals surface area (Å²) in [7, 11) is 1.65. The van der Waals surface area contributed by atoms with E-state index in [1.165, 1.54) is 0 Å². The average molecular weight is 312 g/mol. The molecule has 120 valence electrons. The molecule has 0 spiro atoms. The van der Waals surface area contributed by atoms with Crippen LogP contribution in [0.2, 0.25) is 0 Å². The lowest BCUT2D eigenvalue weighted by molar-refractivity contribution is -0.119. The van der Waals surface area contributed by atoms with Gasteiger partial charge in [-0.1, -0.05) is 24.3 Å². The highest BCUT2D eigenvalue weighted by Crippen LogP contribution is 2.28. The van der Waals surface area contributed by atoms with Crippen LogP contribution in [0.4, 0.5) is 11.4 Å². The SMILES string of the molecule is COc1cccc(NCCN2c3ccccc3COC2C=O)c1. The standard InChI is InChI=1S/C18H20N2O3/c1-22-16-7-4-6-15(11-16)19-9-10-20-17-8-3-2-5-14(17)13-23-18(20)12-21/h2-8,11-12,18-19H,9-10,13H2,1H3. The van der Waals surface area contributed by atoms with E-state index >= 15 is 0 Å². The summed E-state index contributed by atoms with van der Waals surface area (Å²) in [4.78, 5) is 13.3. The third-order valence-corrected chi connectivity index (χ3v) is 3.89. The number of hydrogen-bond acceptors (Lipinski definition) is 5. The van der Waals surface area contributed by atoms with Gasteiger partial charge in [0.2, 0.25) is 0 Å². The van der Waals surface area contributed by atoms with Gasteiger partial charge in [0.25, 0.3) is 0 Å². The number of nitrogens with zero attached hydrogens (tertiary/aromatic N) is 1. The van der Waals surface area contributed by atoms with E-state index in [1.54, 1.807) is 7.11 Å². The molecular weight excluding hydrogens is 292 g/mol. The number of anilines is 2. The van der Waals surface area contributed by atoms with Crippen molar-refractivity contribution in [2.45, 2.75) is 12.8 Å². The molecule has 1 unspecified atom stereocenters. The molecule has 0 amide bonds. The summed E-state index contributed by atoms with van der Waals surface area (Å²) in [6, 6.07) is 15.8. The van der Waals surface area contributed by atoms with Crippen molar-refractivity contribution in [3.8, 4) is 5.75 Å². The molecule has 5 heteroatoms. The van der Waals surface area contributed by atoms with Crippen molar-refractivity contribution in [3.05, 3.63) is 54.1 Å². The summed E-state index contributed by atoms with van der Waals surface area (Å²) in [6.45, 7) is 1.83. The smallest absolute Gasteiger partial charge is 0.187 e. The highest BCUT2D eigenvalue weighted by Gasteiger charge is 2.25. The fraction of sp³-hybridized carbons (Fsp3) is 0.278. The van der Waals surface area contributed by atoms with Crippen molar-refractivity contribution >= 4 is 17.7 Å². The van der Waals surface area contributed by atoms with Crippen LogP contribution in [0.5, 0.6) is 5.75 Å². The number of benzene rings is 2. The van der Waals surface area contributed by atoms with Crippen LogP contribution in [0.3, 0.4) is 0 Å². The number of methoxy groups -OCH3 is 1. The largest absolute Gasteiger partial charge is 0.497 e. The van der Waals surface area contributed by atoms with Crippen LogP contribution in [0.15, 0.2) is 48.5 Å². The highest BCUT2D eigenvalue weighted by molar-refractivity contribution is 5.67. The topological polar surface area (TPSA) is 50.8 Å². The van der Waals surface area contributed by atoms with E-state index in [0.29, 0.717) is 19.7 Å². The van der Waals surface area contributed by atoms with E-state index in [0.717, 1.165) is 29.0 Å². The van der Waals surface area contributed by atoms with Crippen molar-refractivity contribution in [2.75, 3.05) is 30.4 Å². The summed E-state index contributed by atoms with van der Waals surface area (Å²) in [6.07, 6.45) is 0.318. The second-order valence-corrected chi connectivity index (χ2v) is 5.32. The minimum Gasteiger partial charge on any atom is -0.497 e. The first kappa shape index (κ1) is 15.4. The van der Waals surface area contributed by atoms with Crippen molar-refractivity contribution in [2.24, 2.45) is 0 Å². The number of aldehydes is 1. The molecule has 5 nitrogen and oxygen atoms in total. The maximum atomic E-state index is 11.3. The number of carbonyl (C=O) groups is 1. The summed E-state index contributed by atoms with van der Waals surface area (Å²) >= 11 is 0. The van der Waals surface area contributed by atoms with Crippen molar-refractivity contribution < 1.29 is 14.3 Å². The summed E-state index contributed by atoms with van der Waals surface area (Å²) in [5.41, 5.74) is 3.15. The molecule has 0 aromatic heterocycles. The second kappa shape index (κ2) is 7.15. The number of ether oxygens (including phenoxy) is 2. The van der Waals surface area contributed by atoms with Crippen molar-refractivity contribution in [3.63, 3.8) is 0 Å². The van der Waals surface area contributed by atoms with Crippen molar-refractivity contribution in [1.82, 2.24) is 0 Å². The number of hydrogen-bond donors (Lipinski definition) is 1. The van der Waals surface area contributed by atoms with Crippen LogP contribution in [-0.2, 0) is 16.1 Å². The number of rotatable bonds is 6. The van der Waals surface area contributed by atoms with Gasteiger partial charge < -0.3 is 19.7 Å². The molecule has 1 atom stereocenters. The Labute approximate surface area is 135 Å². The molecular formula is C18H20N2O3. The Bertz CT molecular complexity index is 675. The van der Waals surface area contributed by atoms with Gasteiger partial charge in [0.1, 0.15) is 5.75 Å². The summed E-state index contributed by atoms with van der Waals surface area (Å²) < 4.78 is 10.8. The second-order valence-electron chi connectivity index (χ2n) is 5.32. The third kappa shape index (κ3) is 3.46. The zero-order valence-corrected chi connectivity index (χ0v) is 13.1. The van der Waals surface area contributed by atoms with Crippen LogP contribution in [0.1, 0.15) is 5.56 Å². The maximum Gasteiger partial charge on any atom is 0.187 e. The molecule has 2 aromatic rings. The Hall–Kier alpha value is -2.53. The highest BCUT2D eigenvalue weighted by atomic mass is 16.5. The first-order valence-corrected chi connectivity index (χ1v) is 7.61. The summed E-state index contributed by atoms with van der Waals surface area (Å²) in [5.74, 6) is 0.812. The zero-order chi connectivity index (χ0) is 16.1. The fourth-order valence-corrected chi connectivity index (χ4v) is 2.73. The van der Waals surface area contributed by atoms with E-state index in [1.807, 2.05) is 53.4 Å². The Kier molecular flexibility index (Phi) is 4.78. The molecule has 0 bridgehead atoms. The Morgan fingerprint density at radius 2 is 2.17 bits per heavy atom. The van der Waals surface area contributed by atoms with Gasteiger partial charge in [-0.25, -0.2) is 0 Å². The van der Waals surface area contributed by atoms with Gasteiger partial charge in [-0.2, -0.15) is 0 Å². The normalized spacial score (nSPS) is 16.6. The Balaban J connectivity index is 1.67. The van der Waals surface area contributed by atoms with Crippen LogP contribution in [-0.4, -0.2) is 32.7 Å². The van der Waals surface area contributed by atoms with Crippen LogP contribution in [0.25, 0.3) is 0 Å². The predicted octanol–water partition coefficient (Wildman–Crippen LogP) is 2.67. The minimum atomic E-state index is -0.531. The molecule has 0 saturated carbocycles. The van der Waals surface area contributed by atoms with Crippen LogP contribution in [0, 0.1) is 0 Å². The van der Waals surface area contributed by atoms with E-state index in [4.69, 9.17) is 9.47 Å². The van der Waals surface area contributed by atoms with Gasteiger partial charge in [-0.05, 0) is 18.2 Å². The van der Waals surface area contributed by atoms with E-state index in [-0.39, 0.29) is 0 Å². The molecule has 1 aliphatic heterocycles. The minimum absolute atomic E-state index is 0.472. The molecule has 1 N–H and O–H groups in total. The molecule has 1 aliphatic rings. The number of fused-ring (bicyclic) bond motifs is 1. The van der Waals surface area contributed by atoms with Crippen LogP contribution >= 0.6 is 0 Å². The lowest BCUT2D eigenvalue weighted by Gasteiger charge is -2.35. The molecule has 0 saturated heterocycles. The van der Waals surface area contributed by atoms with Gasteiger partial charge in [0, 0.05) is 36.1 Å². The van der Waals surface area contributed by atoms with E-state index in [2.05, 4.69) is 5.32 Å². The number of carbonyl (C=O) groups excluding carboxylic acids is 1. The quantitative estimate of drug-likeness (QED) is 0.831. The monoisotopic (exact) mass is 312 g/mol. The molecule has 23 heavy (non-hydrogen) atoms. The molecule has 1 heterocycles. The van der Waals surface area contributed by atoms with Gasteiger partial charge >= 0.3 is 0 Å². The van der Waals surface area contributed by atoms with Crippen LogP contribution < -0.4 is 15.0 Å². The first-order valence-electron chi connectivity index (χ1n) is 7.61. The first-order chi connectivity index (χ1) is 11.3. The lowest BCUT2D eigenvalue weighted by Crippen LogP contribution is -2.44. The summed E-state index contributed by atoms with van der Waals surface area (Å²) in [5, 5.41) is 3.35. The molecule has 0 radical (unpaired) electrons. The number of para-hydroxylation sites is 1. The molecule has 2 aromatic carbocycles. The van der Waals surface area contributed by atoms with Crippen molar-refractivity contribution in [1.29, 1.82) is 0 Å². The third-order valence-electron chi connectivity index (χ3n) is 3.89. The van der Waals surface area contributed by atoms with Gasteiger partial charge in [0.15, 0.2) is 12.5 Å². The van der Waals surface area contributed by atoms with E-state index in [9.17, 15) is 4.79 Å². The predicted molar refractivity (Wildman–Crippen MR) is 89.9 cm³/mol. The average Bonchev–Trinajstić information content (AvgIpc) is 2.62. The van der Waals surface area contributed by atoms with E-state index < -0.39 is 6.23 Å².